The highest BCUT2D eigenvalue weighted by molar-refractivity contribution is 5.59. The molecule has 0 bridgehead atoms. The van der Waals surface area contributed by atoms with Gasteiger partial charge in [0.25, 0.3) is 0 Å². The van der Waals surface area contributed by atoms with Crippen molar-refractivity contribution in [3.8, 4) is 0 Å². The van der Waals surface area contributed by atoms with Gasteiger partial charge in [-0.2, -0.15) is 10.2 Å². The van der Waals surface area contributed by atoms with Crippen molar-refractivity contribution < 1.29 is 0 Å². The fourth-order valence-corrected chi connectivity index (χ4v) is 1.80. The molecule has 1 heterocycles. The summed E-state index contributed by atoms with van der Waals surface area (Å²) >= 11 is 0. The van der Waals surface area contributed by atoms with E-state index in [0.717, 1.165) is 11.8 Å². The molecule has 0 saturated heterocycles. The molecule has 54 valence electrons. The molecule has 0 radical (unpaired) electrons. The Bertz CT molecular complexity index is 330. The Morgan fingerprint density at radius 3 is 3.18 bits per heavy atom. The van der Waals surface area contributed by atoms with Crippen molar-refractivity contribution in [1.29, 1.82) is 0 Å². The van der Waals surface area contributed by atoms with E-state index < -0.39 is 0 Å². The minimum absolute atomic E-state index is 0.769. The molecule has 1 aromatic rings. The molecule has 0 amide bonds. The maximum absolute atomic E-state index is 3.89. The number of hydrogen-bond acceptors (Lipinski definition) is 2. The van der Waals surface area contributed by atoms with Gasteiger partial charge in [-0.15, -0.1) is 0 Å². The molecular formula is C9H8N2. The van der Waals surface area contributed by atoms with Crippen LogP contribution in [0, 0.1) is 5.92 Å². The molecule has 2 aliphatic carbocycles. The third-order valence-electron chi connectivity index (χ3n) is 2.56. The Kier molecular flexibility index (Phi) is 0.844. The lowest BCUT2D eigenvalue weighted by Gasteiger charge is -2.06. The first-order valence-electron chi connectivity index (χ1n) is 3.94. The molecule has 0 spiro atoms. The van der Waals surface area contributed by atoms with E-state index in [1.807, 2.05) is 12.4 Å². The number of nitrogens with zero attached hydrogens (tertiary/aromatic N) is 2. The number of aromatic nitrogens is 2. The highest BCUT2D eigenvalue weighted by atomic mass is 15.1. The van der Waals surface area contributed by atoms with Gasteiger partial charge in [-0.3, -0.25) is 0 Å². The largest absolute Gasteiger partial charge is 0.159 e. The average molecular weight is 144 g/mol. The van der Waals surface area contributed by atoms with Crippen LogP contribution in [0.15, 0.2) is 18.5 Å². The molecule has 3 rings (SSSR count). The second kappa shape index (κ2) is 1.70. The van der Waals surface area contributed by atoms with E-state index in [0.29, 0.717) is 0 Å². The number of allylic oxidation sites excluding steroid dienone is 1. The van der Waals surface area contributed by atoms with E-state index >= 15 is 0 Å². The van der Waals surface area contributed by atoms with E-state index in [1.54, 1.807) is 0 Å². The minimum atomic E-state index is 0.769. The van der Waals surface area contributed by atoms with Crippen LogP contribution in [0.25, 0.3) is 6.08 Å². The lowest BCUT2D eigenvalue weighted by Crippen LogP contribution is -1.94. The number of rotatable bonds is 0. The molecule has 1 fully saturated rings. The topological polar surface area (TPSA) is 25.8 Å². The fourth-order valence-electron chi connectivity index (χ4n) is 1.80. The van der Waals surface area contributed by atoms with Crippen molar-refractivity contribution in [2.24, 2.45) is 5.92 Å². The first kappa shape index (κ1) is 5.47. The van der Waals surface area contributed by atoms with Crippen LogP contribution in [0.4, 0.5) is 0 Å². The lowest BCUT2D eigenvalue weighted by molar-refractivity contribution is 0.930. The summed E-state index contributed by atoms with van der Waals surface area (Å²) in [6.07, 6.45) is 9.52. The smallest absolute Gasteiger partial charge is 0.0571 e. The summed E-state index contributed by atoms with van der Waals surface area (Å²) in [5, 5.41) is 7.74. The second-order valence-electron chi connectivity index (χ2n) is 3.26. The predicted octanol–water partition coefficient (Wildman–Crippen LogP) is 1.61. The van der Waals surface area contributed by atoms with Crippen LogP contribution in [0.5, 0.6) is 0 Å². The summed E-state index contributed by atoms with van der Waals surface area (Å²) in [6.45, 7) is 0. The molecule has 2 atom stereocenters. The molecule has 0 N–H and O–H groups in total. The molecule has 2 nitrogen and oxygen atoms in total. The van der Waals surface area contributed by atoms with E-state index in [-0.39, 0.29) is 0 Å². The first-order chi connectivity index (χ1) is 5.45. The van der Waals surface area contributed by atoms with E-state index in [1.165, 1.54) is 17.5 Å². The molecule has 0 aliphatic heterocycles. The summed E-state index contributed by atoms with van der Waals surface area (Å²) in [7, 11) is 0. The molecule has 2 aliphatic rings. The Morgan fingerprint density at radius 1 is 1.27 bits per heavy atom. The molecular weight excluding hydrogens is 136 g/mol. The van der Waals surface area contributed by atoms with E-state index in [2.05, 4.69) is 22.3 Å². The van der Waals surface area contributed by atoms with Gasteiger partial charge in [0.1, 0.15) is 0 Å². The quantitative estimate of drug-likeness (QED) is 0.552. The minimum Gasteiger partial charge on any atom is -0.159 e. The van der Waals surface area contributed by atoms with Crippen molar-refractivity contribution in [3.63, 3.8) is 0 Å². The standard InChI is InChI=1S/C9H8N2/c1-2-7-4-10-11-5-9(7)8-3-6(1)8/h1-2,4-6,8H,3H2. The zero-order valence-corrected chi connectivity index (χ0v) is 6.07. The van der Waals surface area contributed by atoms with Crippen molar-refractivity contribution in [1.82, 2.24) is 10.2 Å². The number of fused-ring (bicyclic) bond motifs is 3. The van der Waals surface area contributed by atoms with E-state index in [9.17, 15) is 0 Å². The molecule has 11 heavy (non-hydrogen) atoms. The summed E-state index contributed by atoms with van der Waals surface area (Å²) in [5.41, 5.74) is 2.66. The van der Waals surface area contributed by atoms with Crippen LogP contribution in [-0.2, 0) is 0 Å². The summed E-state index contributed by atoms with van der Waals surface area (Å²) in [5.74, 6) is 1.58. The molecule has 2 heteroatoms. The molecule has 1 saturated carbocycles. The van der Waals surface area contributed by atoms with Gasteiger partial charge < -0.3 is 0 Å². The normalized spacial score (nSPS) is 30.9. The lowest BCUT2D eigenvalue weighted by atomic mass is 10.0. The maximum Gasteiger partial charge on any atom is 0.0571 e. The number of hydrogen-bond donors (Lipinski definition) is 0. The summed E-state index contributed by atoms with van der Waals surface area (Å²) in [4.78, 5) is 0. The molecule has 2 unspecified atom stereocenters. The van der Waals surface area contributed by atoms with Crippen LogP contribution in [0.1, 0.15) is 23.5 Å². The Labute approximate surface area is 65.0 Å². The fraction of sp³-hybridized carbons (Fsp3) is 0.333. The van der Waals surface area contributed by atoms with E-state index in [4.69, 9.17) is 0 Å². The zero-order chi connectivity index (χ0) is 7.26. The third kappa shape index (κ3) is 0.666. The maximum atomic E-state index is 3.89. The van der Waals surface area contributed by atoms with Crippen LogP contribution < -0.4 is 0 Å². The predicted molar refractivity (Wildman–Crippen MR) is 41.9 cm³/mol. The van der Waals surface area contributed by atoms with Crippen molar-refractivity contribution in [3.05, 3.63) is 29.6 Å². The Balaban J connectivity index is 2.24. The highest BCUT2D eigenvalue weighted by Crippen LogP contribution is 2.51. The first-order valence-corrected chi connectivity index (χ1v) is 3.94. The zero-order valence-electron chi connectivity index (χ0n) is 6.07. The van der Waals surface area contributed by atoms with Gasteiger partial charge in [0.05, 0.1) is 12.4 Å². The molecule has 1 aromatic heterocycles. The van der Waals surface area contributed by atoms with Gasteiger partial charge in [0, 0.05) is 0 Å². The summed E-state index contributed by atoms with van der Waals surface area (Å²) in [6, 6.07) is 0. The van der Waals surface area contributed by atoms with Crippen molar-refractivity contribution >= 4 is 6.08 Å². The third-order valence-corrected chi connectivity index (χ3v) is 2.56. The monoisotopic (exact) mass is 144 g/mol. The van der Waals surface area contributed by atoms with Gasteiger partial charge in [-0.05, 0) is 29.4 Å². The van der Waals surface area contributed by atoms with Crippen LogP contribution >= 0.6 is 0 Å². The average Bonchev–Trinajstić information content (AvgIpc) is 2.83. The molecule has 0 aromatic carbocycles. The van der Waals surface area contributed by atoms with Gasteiger partial charge in [-0.1, -0.05) is 12.2 Å². The van der Waals surface area contributed by atoms with Crippen molar-refractivity contribution in [2.75, 3.05) is 0 Å². The summed E-state index contributed by atoms with van der Waals surface area (Å²) < 4.78 is 0. The van der Waals surface area contributed by atoms with Crippen LogP contribution in [0.2, 0.25) is 0 Å². The van der Waals surface area contributed by atoms with Crippen molar-refractivity contribution in [2.45, 2.75) is 12.3 Å². The van der Waals surface area contributed by atoms with Crippen LogP contribution in [0.3, 0.4) is 0 Å². The van der Waals surface area contributed by atoms with Gasteiger partial charge >= 0.3 is 0 Å². The second-order valence-corrected chi connectivity index (χ2v) is 3.26. The highest BCUT2D eigenvalue weighted by Gasteiger charge is 2.39. The Morgan fingerprint density at radius 2 is 2.18 bits per heavy atom. The van der Waals surface area contributed by atoms with Gasteiger partial charge in [-0.25, -0.2) is 0 Å². The van der Waals surface area contributed by atoms with Gasteiger partial charge in [0.15, 0.2) is 0 Å². The Hall–Kier alpha value is -1.18. The van der Waals surface area contributed by atoms with Gasteiger partial charge in [0.2, 0.25) is 0 Å². The SMILES string of the molecule is C1=CC2CC2c2cnncc21. The van der Waals surface area contributed by atoms with Crippen LogP contribution in [-0.4, -0.2) is 10.2 Å².